The molecule has 34 heavy (non-hydrogen) atoms. The average Bonchev–Trinajstić information content (AvgIpc) is 3.22. The molecule has 6 nitrogen and oxygen atoms in total. The summed E-state index contributed by atoms with van der Waals surface area (Å²) in [5.41, 5.74) is 2.01. The lowest BCUT2D eigenvalue weighted by molar-refractivity contribution is -0.164. The van der Waals surface area contributed by atoms with E-state index in [1.165, 1.54) is 0 Å². The molecule has 0 spiro atoms. The van der Waals surface area contributed by atoms with Gasteiger partial charge in [0.15, 0.2) is 6.04 Å². The van der Waals surface area contributed by atoms with E-state index in [4.69, 9.17) is 4.74 Å². The first-order valence-corrected chi connectivity index (χ1v) is 11.4. The Bertz CT molecular complexity index is 1090. The molecule has 1 saturated heterocycles. The molecule has 0 radical (unpaired) electrons. The molecule has 2 aromatic carbocycles. The van der Waals surface area contributed by atoms with E-state index in [0.29, 0.717) is 18.9 Å². The molecule has 8 heteroatoms. The minimum Gasteiger partial charge on any atom is -0.467 e. The molecule has 180 valence electrons. The Morgan fingerprint density at radius 3 is 2.32 bits per heavy atom. The molecule has 1 fully saturated rings. The normalized spacial score (nSPS) is 21.4. The third-order valence-corrected chi connectivity index (χ3v) is 6.67. The van der Waals surface area contributed by atoms with Crippen molar-refractivity contribution in [2.24, 2.45) is 11.8 Å². The quantitative estimate of drug-likeness (QED) is 0.658. The van der Waals surface area contributed by atoms with Crippen molar-refractivity contribution in [3.05, 3.63) is 70.8 Å². The molecule has 4 rings (SSSR count). The van der Waals surface area contributed by atoms with Crippen molar-refractivity contribution in [2.45, 2.75) is 51.2 Å². The molecule has 0 bridgehead atoms. The zero-order valence-electron chi connectivity index (χ0n) is 19.4. The van der Waals surface area contributed by atoms with Gasteiger partial charge in [0.1, 0.15) is 23.7 Å². The molecular weight excluding hydrogens is 442 g/mol. The second-order valence-corrected chi connectivity index (χ2v) is 9.41. The zero-order chi connectivity index (χ0) is 24.6. The summed E-state index contributed by atoms with van der Waals surface area (Å²) in [6, 6.07) is 7.26. The molecule has 2 aliphatic rings. The van der Waals surface area contributed by atoms with Gasteiger partial charge in [-0.25, -0.2) is 13.6 Å². The lowest BCUT2D eigenvalue weighted by atomic mass is 9.88. The number of rotatable bonds is 6. The van der Waals surface area contributed by atoms with Crippen LogP contribution in [0.25, 0.3) is 0 Å². The molecule has 0 saturated carbocycles. The molecule has 1 heterocycles. The summed E-state index contributed by atoms with van der Waals surface area (Å²) in [5, 5.41) is 2.88. The minimum absolute atomic E-state index is 0.00898. The van der Waals surface area contributed by atoms with Gasteiger partial charge in [0.05, 0.1) is 7.11 Å². The Balaban J connectivity index is 1.76. The predicted molar refractivity (Wildman–Crippen MR) is 120 cm³/mol. The lowest BCUT2D eigenvalue weighted by Gasteiger charge is -2.44. The number of halogens is 2. The topological polar surface area (TPSA) is 75.7 Å². The first-order valence-electron chi connectivity index (χ1n) is 11.4. The summed E-state index contributed by atoms with van der Waals surface area (Å²) in [4.78, 5) is 41.3. The molecule has 0 unspecified atom stereocenters. The van der Waals surface area contributed by atoms with Gasteiger partial charge in [-0.3, -0.25) is 9.59 Å². The first kappa shape index (κ1) is 23.9. The smallest absolute Gasteiger partial charge is 0.333 e. The lowest BCUT2D eigenvalue weighted by Crippen LogP contribution is -2.67. The van der Waals surface area contributed by atoms with Crippen LogP contribution in [-0.2, 0) is 32.0 Å². The number of fused-ring (bicyclic) bond motifs is 1. The number of nitrogens with zero attached hydrogens (tertiary/aromatic N) is 1. The first-order chi connectivity index (χ1) is 16.2. The molecule has 1 aliphatic heterocycles. The Hall–Kier alpha value is -3.29. The fraction of sp³-hybridized carbons (Fsp3) is 0.423. The van der Waals surface area contributed by atoms with Crippen LogP contribution in [0.1, 0.15) is 43.0 Å². The van der Waals surface area contributed by atoms with Crippen molar-refractivity contribution in [1.82, 2.24) is 10.2 Å². The molecule has 0 aromatic heterocycles. The van der Waals surface area contributed by atoms with Crippen molar-refractivity contribution in [1.29, 1.82) is 0 Å². The standard InChI is InChI=1S/C26H28F2N2O4/c1-14(2)10-21-24(31)29-22(17-11-15-6-4-5-7-16(15)12-17)25(32)30(21)23(26(33)34-3)19-9-8-18(27)13-20(19)28/h4-9,13-14,17,21-23H,10-12H2,1-3H3,(H,29,31)/t21-,22-,23+/m1/s1. The number of carbonyl (C=O) groups is 3. The van der Waals surface area contributed by atoms with Crippen LogP contribution in [0.5, 0.6) is 0 Å². The highest BCUT2D eigenvalue weighted by molar-refractivity contribution is 5.99. The number of hydrogen-bond donors (Lipinski definition) is 1. The van der Waals surface area contributed by atoms with Crippen LogP contribution in [0.2, 0.25) is 0 Å². The van der Waals surface area contributed by atoms with E-state index in [-0.39, 0.29) is 23.8 Å². The van der Waals surface area contributed by atoms with Crippen molar-refractivity contribution in [3.63, 3.8) is 0 Å². The van der Waals surface area contributed by atoms with Gasteiger partial charge in [0.2, 0.25) is 11.8 Å². The summed E-state index contributed by atoms with van der Waals surface area (Å²) < 4.78 is 33.4. The number of piperazine rings is 1. The van der Waals surface area contributed by atoms with E-state index in [0.717, 1.165) is 35.3 Å². The Kier molecular flexibility index (Phi) is 6.68. The highest BCUT2D eigenvalue weighted by atomic mass is 19.1. The van der Waals surface area contributed by atoms with Gasteiger partial charge in [-0.15, -0.1) is 0 Å². The van der Waals surface area contributed by atoms with E-state index in [1.54, 1.807) is 0 Å². The summed E-state index contributed by atoms with van der Waals surface area (Å²) in [7, 11) is 1.13. The fourth-order valence-corrected chi connectivity index (χ4v) is 5.10. The van der Waals surface area contributed by atoms with Crippen LogP contribution in [0.15, 0.2) is 42.5 Å². The van der Waals surface area contributed by atoms with Gasteiger partial charge < -0.3 is 15.0 Å². The summed E-state index contributed by atoms with van der Waals surface area (Å²) >= 11 is 0. The van der Waals surface area contributed by atoms with Gasteiger partial charge in [-0.1, -0.05) is 44.2 Å². The number of ether oxygens (including phenoxy) is 1. The highest BCUT2D eigenvalue weighted by Crippen LogP contribution is 2.36. The van der Waals surface area contributed by atoms with E-state index >= 15 is 0 Å². The van der Waals surface area contributed by atoms with Gasteiger partial charge in [0.25, 0.3) is 0 Å². The summed E-state index contributed by atoms with van der Waals surface area (Å²) in [6.07, 6.45) is 1.47. The Morgan fingerprint density at radius 2 is 1.76 bits per heavy atom. The van der Waals surface area contributed by atoms with Gasteiger partial charge in [-0.05, 0) is 48.3 Å². The number of amides is 2. The number of hydrogen-bond acceptors (Lipinski definition) is 4. The van der Waals surface area contributed by atoms with E-state index < -0.39 is 47.5 Å². The van der Waals surface area contributed by atoms with E-state index in [2.05, 4.69) is 5.32 Å². The summed E-state index contributed by atoms with van der Waals surface area (Å²) in [6.45, 7) is 3.78. The van der Waals surface area contributed by atoms with Crippen molar-refractivity contribution in [3.8, 4) is 0 Å². The second kappa shape index (κ2) is 9.52. The molecular formula is C26H28F2N2O4. The maximum Gasteiger partial charge on any atom is 0.333 e. The van der Waals surface area contributed by atoms with Crippen LogP contribution >= 0.6 is 0 Å². The third-order valence-electron chi connectivity index (χ3n) is 6.67. The van der Waals surface area contributed by atoms with Gasteiger partial charge in [0, 0.05) is 11.6 Å². The molecule has 1 aliphatic carbocycles. The van der Waals surface area contributed by atoms with Crippen molar-refractivity contribution in [2.75, 3.05) is 7.11 Å². The maximum absolute atomic E-state index is 14.9. The van der Waals surface area contributed by atoms with Crippen LogP contribution in [0.4, 0.5) is 8.78 Å². The Morgan fingerprint density at radius 1 is 1.12 bits per heavy atom. The van der Waals surface area contributed by atoms with Crippen LogP contribution < -0.4 is 5.32 Å². The SMILES string of the molecule is COC(=O)[C@H](c1ccc(F)cc1F)N1C(=O)[C@@H](C2Cc3ccccc3C2)NC(=O)[C@H]1CC(C)C. The summed E-state index contributed by atoms with van der Waals surface area (Å²) in [5.74, 6) is -3.75. The second-order valence-electron chi connectivity index (χ2n) is 9.41. The highest BCUT2D eigenvalue weighted by Gasteiger charge is 2.50. The van der Waals surface area contributed by atoms with E-state index in [1.807, 2.05) is 38.1 Å². The molecule has 1 N–H and O–H groups in total. The number of esters is 1. The number of methoxy groups -OCH3 is 1. The fourth-order valence-electron chi connectivity index (χ4n) is 5.10. The Labute approximate surface area is 197 Å². The largest absolute Gasteiger partial charge is 0.467 e. The monoisotopic (exact) mass is 470 g/mol. The van der Waals surface area contributed by atoms with Crippen LogP contribution in [0, 0.1) is 23.5 Å². The van der Waals surface area contributed by atoms with Gasteiger partial charge in [-0.2, -0.15) is 0 Å². The third kappa shape index (κ3) is 4.41. The maximum atomic E-state index is 14.9. The molecule has 3 atom stereocenters. The van der Waals surface area contributed by atoms with Crippen LogP contribution in [-0.4, -0.2) is 41.9 Å². The number of nitrogens with one attached hydrogen (secondary N) is 1. The number of benzene rings is 2. The van der Waals surface area contributed by atoms with Gasteiger partial charge >= 0.3 is 5.97 Å². The predicted octanol–water partition coefficient (Wildman–Crippen LogP) is 3.34. The number of carbonyl (C=O) groups excluding carboxylic acids is 3. The zero-order valence-corrected chi connectivity index (χ0v) is 19.4. The van der Waals surface area contributed by atoms with Crippen molar-refractivity contribution < 1.29 is 27.9 Å². The van der Waals surface area contributed by atoms with E-state index in [9.17, 15) is 23.2 Å². The van der Waals surface area contributed by atoms with Crippen molar-refractivity contribution >= 4 is 17.8 Å². The molecule has 2 aromatic rings. The molecule has 2 amide bonds. The average molecular weight is 471 g/mol. The van der Waals surface area contributed by atoms with Crippen LogP contribution in [0.3, 0.4) is 0 Å². The minimum atomic E-state index is -1.51.